The first kappa shape index (κ1) is 18.3. The molecule has 0 atom stereocenters. The third-order valence-corrected chi connectivity index (χ3v) is 3.74. The number of fused-ring (bicyclic) bond motifs is 1. The summed E-state index contributed by atoms with van der Waals surface area (Å²) in [6.07, 6.45) is 0. The summed E-state index contributed by atoms with van der Waals surface area (Å²) in [5.41, 5.74) is 4.44. The minimum atomic E-state index is -0.343. The maximum Gasteiger partial charge on any atom is 1.00 e. The number of nitrogens with one attached hydrogen (secondary N) is 1. The molecule has 0 fully saturated rings. The zero-order chi connectivity index (χ0) is 16.4. The van der Waals surface area contributed by atoms with E-state index in [2.05, 4.69) is 10.5 Å². The van der Waals surface area contributed by atoms with Crippen LogP contribution in [-0.4, -0.2) is 10.3 Å². The summed E-state index contributed by atoms with van der Waals surface area (Å²) in [7, 11) is 1.66. The molecule has 0 unspecified atom stereocenters. The SMILES string of the molecule is C/C(=N\Nc1ccccc1)c1c([O-])n(C)c2ccccc2c1=O.[Na+]. The molecule has 5 nitrogen and oxygen atoms in total. The van der Waals surface area contributed by atoms with E-state index in [9.17, 15) is 9.90 Å². The molecule has 0 spiro atoms. The van der Waals surface area contributed by atoms with Gasteiger partial charge < -0.3 is 9.67 Å². The molecular weight excluding hydrogens is 313 g/mol. The second-order valence-electron chi connectivity index (χ2n) is 5.26. The van der Waals surface area contributed by atoms with E-state index in [0.717, 1.165) is 5.69 Å². The second kappa shape index (κ2) is 7.66. The molecule has 3 rings (SSSR count). The maximum atomic E-state index is 12.6. The van der Waals surface area contributed by atoms with E-state index in [1.807, 2.05) is 30.3 Å². The van der Waals surface area contributed by atoms with E-state index in [4.69, 9.17) is 0 Å². The van der Waals surface area contributed by atoms with Crippen LogP contribution in [0.2, 0.25) is 0 Å². The molecule has 24 heavy (non-hydrogen) atoms. The smallest absolute Gasteiger partial charge is 0.859 e. The van der Waals surface area contributed by atoms with Gasteiger partial charge in [0.15, 0.2) is 5.43 Å². The Morgan fingerprint density at radius 3 is 2.42 bits per heavy atom. The predicted molar refractivity (Wildman–Crippen MR) is 90.9 cm³/mol. The van der Waals surface area contributed by atoms with E-state index in [1.54, 1.807) is 38.2 Å². The Bertz CT molecular complexity index is 950. The van der Waals surface area contributed by atoms with Crippen molar-refractivity contribution in [3.63, 3.8) is 0 Å². The van der Waals surface area contributed by atoms with Gasteiger partial charge in [0.1, 0.15) is 0 Å². The van der Waals surface area contributed by atoms with E-state index in [-0.39, 0.29) is 46.4 Å². The van der Waals surface area contributed by atoms with Crippen molar-refractivity contribution in [1.82, 2.24) is 4.57 Å². The van der Waals surface area contributed by atoms with E-state index in [1.165, 1.54) is 4.57 Å². The maximum absolute atomic E-state index is 12.6. The molecule has 0 saturated carbocycles. The van der Waals surface area contributed by atoms with E-state index in [0.29, 0.717) is 16.6 Å². The Morgan fingerprint density at radius 2 is 1.71 bits per heavy atom. The molecule has 0 aliphatic carbocycles. The van der Waals surface area contributed by atoms with Crippen molar-refractivity contribution in [1.29, 1.82) is 0 Å². The summed E-state index contributed by atoms with van der Waals surface area (Å²) in [6.45, 7) is 1.66. The van der Waals surface area contributed by atoms with Crippen molar-refractivity contribution in [3.05, 3.63) is 70.4 Å². The zero-order valence-electron chi connectivity index (χ0n) is 13.9. The minimum absolute atomic E-state index is 0. The molecule has 1 N–H and O–H groups in total. The number of anilines is 1. The Kier molecular flexibility index (Phi) is 5.83. The predicted octanol–water partition coefficient (Wildman–Crippen LogP) is -0.548. The van der Waals surface area contributed by atoms with Crippen LogP contribution in [0.3, 0.4) is 0 Å². The van der Waals surface area contributed by atoms with Crippen molar-refractivity contribution in [2.24, 2.45) is 12.1 Å². The van der Waals surface area contributed by atoms with Crippen LogP contribution in [0.25, 0.3) is 10.9 Å². The number of para-hydroxylation sites is 2. The van der Waals surface area contributed by atoms with Gasteiger partial charge in [0.25, 0.3) is 0 Å². The fraction of sp³-hybridized carbons (Fsp3) is 0.111. The number of pyridine rings is 1. The Morgan fingerprint density at radius 1 is 1.08 bits per heavy atom. The molecule has 1 aromatic heterocycles. The molecule has 0 radical (unpaired) electrons. The number of hydrazone groups is 1. The Hall–Kier alpha value is -2.08. The molecule has 0 aliphatic rings. The van der Waals surface area contributed by atoms with Gasteiger partial charge in [-0.3, -0.25) is 10.2 Å². The van der Waals surface area contributed by atoms with Crippen LogP contribution in [-0.2, 0) is 7.05 Å². The van der Waals surface area contributed by atoms with Gasteiger partial charge >= 0.3 is 29.6 Å². The van der Waals surface area contributed by atoms with Crippen LogP contribution < -0.4 is 45.5 Å². The third kappa shape index (κ3) is 3.38. The summed E-state index contributed by atoms with van der Waals surface area (Å²) < 4.78 is 1.48. The van der Waals surface area contributed by atoms with Crippen molar-refractivity contribution in [3.8, 4) is 5.88 Å². The quantitative estimate of drug-likeness (QED) is 0.398. The first-order valence-electron chi connectivity index (χ1n) is 7.24. The second-order valence-corrected chi connectivity index (χ2v) is 5.26. The fourth-order valence-electron chi connectivity index (χ4n) is 2.50. The topological polar surface area (TPSA) is 69.5 Å². The first-order chi connectivity index (χ1) is 11.1. The summed E-state index contributed by atoms with van der Waals surface area (Å²) in [5, 5.41) is 17.2. The molecule has 0 bridgehead atoms. The van der Waals surface area contributed by atoms with Crippen LogP contribution >= 0.6 is 0 Å². The fourth-order valence-corrected chi connectivity index (χ4v) is 2.50. The van der Waals surface area contributed by atoms with Crippen LogP contribution in [0.15, 0.2) is 64.5 Å². The number of aryl methyl sites for hydroxylation is 1. The largest absolute Gasteiger partial charge is 1.00 e. The minimum Gasteiger partial charge on any atom is -0.859 e. The van der Waals surface area contributed by atoms with Crippen LogP contribution in [0, 0.1) is 0 Å². The Balaban J connectivity index is 0.00000208. The number of benzene rings is 2. The molecule has 1 heterocycles. The van der Waals surface area contributed by atoms with Crippen LogP contribution in [0.5, 0.6) is 5.88 Å². The van der Waals surface area contributed by atoms with E-state index >= 15 is 0 Å². The van der Waals surface area contributed by atoms with Crippen molar-refractivity contribution < 1.29 is 34.7 Å². The van der Waals surface area contributed by atoms with Crippen LogP contribution in [0.1, 0.15) is 12.5 Å². The van der Waals surface area contributed by atoms with Gasteiger partial charge in [-0.2, -0.15) is 5.10 Å². The van der Waals surface area contributed by atoms with Gasteiger partial charge in [-0.05, 0) is 37.1 Å². The number of rotatable bonds is 3. The third-order valence-electron chi connectivity index (χ3n) is 3.74. The monoisotopic (exact) mass is 329 g/mol. The molecule has 0 amide bonds. The average Bonchev–Trinajstić information content (AvgIpc) is 2.59. The number of nitrogens with zero attached hydrogens (tertiary/aromatic N) is 2. The van der Waals surface area contributed by atoms with Gasteiger partial charge in [0, 0.05) is 12.4 Å². The molecule has 6 heteroatoms. The summed E-state index contributed by atoms with van der Waals surface area (Å²) in [6, 6.07) is 16.4. The molecule has 0 aliphatic heterocycles. The zero-order valence-corrected chi connectivity index (χ0v) is 15.9. The van der Waals surface area contributed by atoms with E-state index < -0.39 is 0 Å². The van der Waals surface area contributed by atoms with Gasteiger partial charge in [-0.25, -0.2) is 0 Å². The van der Waals surface area contributed by atoms with Gasteiger partial charge in [0.05, 0.1) is 22.5 Å². The van der Waals surface area contributed by atoms with Crippen molar-refractivity contribution >= 4 is 22.3 Å². The number of hydrogen-bond donors (Lipinski definition) is 1. The average molecular weight is 329 g/mol. The van der Waals surface area contributed by atoms with Gasteiger partial charge in [-0.15, -0.1) is 0 Å². The normalized spacial score (nSPS) is 11.2. The molecule has 0 saturated heterocycles. The van der Waals surface area contributed by atoms with Gasteiger partial charge in [0.2, 0.25) is 0 Å². The first-order valence-corrected chi connectivity index (χ1v) is 7.24. The molecule has 116 valence electrons. The molecule has 3 aromatic rings. The van der Waals surface area contributed by atoms with Crippen LogP contribution in [0.4, 0.5) is 5.69 Å². The molecular formula is C18H16N3NaO2. The number of hydrogen-bond acceptors (Lipinski definition) is 4. The standard InChI is InChI=1S/C18H17N3O2.Na/c1-12(19-20-13-8-4-3-5-9-13)16-17(22)14-10-6-7-11-15(14)21(2)18(16)23;/h3-11,20,23H,1-2H3;/q;+1/p-1/b19-12+;. The summed E-state index contributed by atoms with van der Waals surface area (Å²) in [4.78, 5) is 12.6. The number of aromatic nitrogens is 1. The summed E-state index contributed by atoms with van der Waals surface area (Å²) >= 11 is 0. The Labute approximate surface area is 161 Å². The summed E-state index contributed by atoms with van der Waals surface area (Å²) in [5.74, 6) is -0.343. The van der Waals surface area contributed by atoms with Crippen molar-refractivity contribution in [2.75, 3.05) is 5.43 Å². The van der Waals surface area contributed by atoms with Crippen molar-refractivity contribution in [2.45, 2.75) is 6.92 Å². The van der Waals surface area contributed by atoms with Gasteiger partial charge in [-0.1, -0.05) is 30.3 Å². The molecule has 2 aromatic carbocycles.